The third-order valence-electron chi connectivity index (χ3n) is 2.78. The highest BCUT2D eigenvalue weighted by molar-refractivity contribution is 7.73. The fourth-order valence-corrected chi connectivity index (χ4v) is 1.55. The van der Waals surface area contributed by atoms with Crippen LogP contribution in [-0.2, 0) is 22.2 Å². The molecule has 0 heterocycles. The number of nitrogens with one attached hydrogen (secondary N) is 1. The molecule has 2 N–H and O–H groups in total. The second kappa shape index (κ2) is 9.88. The number of quaternary nitrogens is 1. The smallest absolute Gasteiger partial charge is 0.118 e. The lowest BCUT2D eigenvalue weighted by molar-refractivity contribution is -0.910. The summed E-state index contributed by atoms with van der Waals surface area (Å²) < 4.78 is 20.1. The maximum absolute atomic E-state index is 9.55. The summed E-state index contributed by atoms with van der Waals surface area (Å²) in [6.07, 6.45) is 0. The minimum Gasteiger partial charge on any atom is -0.750 e. The van der Waals surface area contributed by atoms with Crippen LogP contribution in [0.4, 0.5) is 0 Å². The van der Waals surface area contributed by atoms with Crippen molar-refractivity contribution in [2.24, 2.45) is 0 Å². The van der Waals surface area contributed by atoms with Gasteiger partial charge < -0.3 is 24.2 Å². The average Bonchev–Trinajstić information content (AvgIpc) is 2.40. The Morgan fingerprint density at radius 2 is 1.89 bits per heavy atom. The lowest BCUT2D eigenvalue weighted by atomic mass is 10.1. The van der Waals surface area contributed by atoms with Crippen LogP contribution >= 0.6 is 0 Å². The molecule has 0 aliphatic rings. The highest BCUT2D eigenvalue weighted by Crippen LogP contribution is 2.16. The van der Waals surface area contributed by atoms with Gasteiger partial charge in [-0.1, -0.05) is 12.1 Å². The fraction of sp³-hybridized carbons (Fsp3) is 0.500. The van der Waals surface area contributed by atoms with Crippen molar-refractivity contribution < 1.29 is 28.4 Å². The second-order valence-electron chi connectivity index (χ2n) is 4.03. The fourth-order valence-electron chi connectivity index (χ4n) is 1.55. The van der Waals surface area contributed by atoms with Crippen LogP contribution in [-0.4, -0.2) is 27.0 Å². The zero-order valence-electron chi connectivity index (χ0n) is 11.3. The van der Waals surface area contributed by atoms with E-state index in [1.54, 1.807) is 0 Å². The van der Waals surface area contributed by atoms with Gasteiger partial charge in [0, 0.05) is 5.56 Å². The summed E-state index contributed by atoms with van der Waals surface area (Å²) in [5, 5.41) is 18.1. The molecule has 110 valence electrons. The number of rotatable bonds is 5. The van der Waals surface area contributed by atoms with E-state index in [1.165, 1.54) is 10.5 Å². The lowest BCUT2D eigenvalue weighted by Gasteiger charge is -2.15. The lowest BCUT2D eigenvalue weighted by Crippen LogP contribution is -3.10. The zero-order chi connectivity index (χ0) is 14.8. The number of phenols is 1. The van der Waals surface area contributed by atoms with Crippen molar-refractivity contribution in [3.05, 3.63) is 29.3 Å². The van der Waals surface area contributed by atoms with E-state index in [0.29, 0.717) is 5.75 Å². The largest absolute Gasteiger partial charge is 0.750 e. The van der Waals surface area contributed by atoms with Gasteiger partial charge in [0.15, 0.2) is 0 Å². The normalized spacial score (nSPS) is 11.9. The SMILES string of the molecule is CC[NH+](CC)Cc1ccc(C)c(O)c1.O=S([O-])O[O-]. The first-order valence-corrected chi connectivity index (χ1v) is 6.96. The van der Waals surface area contributed by atoms with Gasteiger partial charge in [0.1, 0.15) is 12.3 Å². The van der Waals surface area contributed by atoms with Crippen LogP contribution in [0.5, 0.6) is 5.75 Å². The highest BCUT2D eigenvalue weighted by atomic mass is 32.2. The summed E-state index contributed by atoms with van der Waals surface area (Å²) in [5.74, 6) is 0.411. The first-order valence-electron chi connectivity index (χ1n) is 5.96. The third kappa shape index (κ3) is 7.91. The molecule has 6 nitrogen and oxygen atoms in total. The molecule has 0 amide bonds. The molecule has 0 bridgehead atoms. The van der Waals surface area contributed by atoms with Gasteiger partial charge in [-0.25, -0.2) is 4.21 Å². The van der Waals surface area contributed by atoms with E-state index in [9.17, 15) is 5.11 Å². The molecule has 1 aromatic carbocycles. The summed E-state index contributed by atoms with van der Waals surface area (Å²) in [5.41, 5.74) is 2.16. The number of aryl methyl sites for hydroxylation is 1. The van der Waals surface area contributed by atoms with Crippen molar-refractivity contribution in [1.29, 1.82) is 0 Å². The Morgan fingerprint density at radius 1 is 1.37 bits per heavy atom. The number of phenolic OH excluding ortho intramolecular Hbond substituents is 1. The molecule has 0 saturated heterocycles. The first-order chi connectivity index (χ1) is 8.94. The molecule has 1 aromatic rings. The van der Waals surface area contributed by atoms with Crippen LogP contribution in [0.3, 0.4) is 0 Å². The van der Waals surface area contributed by atoms with E-state index in [0.717, 1.165) is 25.2 Å². The van der Waals surface area contributed by atoms with Gasteiger partial charge in [-0.05, 0) is 32.4 Å². The molecule has 0 radical (unpaired) electrons. The number of aromatic hydroxyl groups is 1. The van der Waals surface area contributed by atoms with Crippen LogP contribution in [0, 0.1) is 6.92 Å². The van der Waals surface area contributed by atoms with Gasteiger partial charge in [-0.15, -0.1) is 0 Å². The van der Waals surface area contributed by atoms with Gasteiger partial charge >= 0.3 is 0 Å². The van der Waals surface area contributed by atoms with E-state index >= 15 is 0 Å². The summed E-state index contributed by atoms with van der Waals surface area (Å²) in [7, 11) is 0. The van der Waals surface area contributed by atoms with Gasteiger partial charge in [-0.3, -0.25) is 0 Å². The van der Waals surface area contributed by atoms with Crippen LogP contribution in [0.2, 0.25) is 0 Å². The number of benzene rings is 1. The maximum atomic E-state index is 9.55. The number of hydrogen-bond donors (Lipinski definition) is 2. The Hall–Kier alpha value is -0.990. The van der Waals surface area contributed by atoms with Crippen molar-refractivity contribution in [3.63, 3.8) is 0 Å². The van der Waals surface area contributed by atoms with E-state index in [4.69, 9.17) is 14.0 Å². The van der Waals surface area contributed by atoms with Crippen molar-refractivity contribution in [1.82, 2.24) is 0 Å². The van der Waals surface area contributed by atoms with E-state index < -0.39 is 11.4 Å². The maximum Gasteiger partial charge on any atom is 0.118 e. The molecule has 0 aromatic heterocycles. The standard InChI is InChI=1S/C12H19NO.H2O4S/c1-4-13(5-2)9-11-7-6-10(3)12(14)8-11;1-4-5(2)3/h6-8,14H,4-5,9H2,1-3H3;1H,(H,2,3)/p-1. The Bertz CT molecular complexity index is 396. The zero-order valence-corrected chi connectivity index (χ0v) is 12.2. The van der Waals surface area contributed by atoms with Crippen LogP contribution in [0.25, 0.3) is 0 Å². The summed E-state index contributed by atoms with van der Waals surface area (Å²) in [6.45, 7) is 9.56. The van der Waals surface area contributed by atoms with E-state index in [-0.39, 0.29) is 0 Å². The molecular weight excluding hydrogens is 270 g/mol. The molecule has 1 atom stereocenters. The molecular formula is C12H20NO5S-. The minimum absolute atomic E-state index is 0.411. The van der Waals surface area contributed by atoms with E-state index in [2.05, 4.69) is 24.2 Å². The minimum atomic E-state index is -2.88. The molecule has 0 spiro atoms. The van der Waals surface area contributed by atoms with Crippen molar-refractivity contribution in [2.45, 2.75) is 27.3 Å². The van der Waals surface area contributed by atoms with Gasteiger partial charge in [0.2, 0.25) is 0 Å². The molecule has 1 unspecified atom stereocenters. The second-order valence-corrected chi connectivity index (χ2v) is 4.57. The van der Waals surface area contributed by atoms with Crippen LogP contribution in [0.15, 0.2) is 18.2 Å². The summed E-state index contributed by atoms with van der Waals surface area (Å²) in [6, 6.07) is 5.95. The van der Waals surface area contributed by atoms with Crippen molar-refractivity contribution >= 4 is 11.4 Å². The molecule has 0 aliphatic carbocycles. The average molecular weight is 290 g/mol. The topological polar surface area (TPSA) is 97.1 Å². The Kier molecular flexibility index (Phi) is 9.36. The molecule has 19 heavy (non-hydrogen) atoms. The highest BCUT2D eigenvalue weighted by Gasteiger charge is 2.05. The molecule has 7 heteroatoms. The number of hydrogen-bond acceptors (Lipinski definition) is 5. The Labute approximate surface area is 116 Å². The van der Waals surface area contributed by atoms with Gasteiger partial charge in [-0.2, -0.15) is 0 Å². The van der Waals surface area contributed by atoms with E-state index in [1.807, 2.05) is 19.1 Å². The molecule has 0 fully saturated rings. The Balaban J connectivity index is 0.000000555. The summed E-state index contributed by atoms with van der Waals surface area (Å²) >= 11 is -2.88. The molecule has 0 saturated carbocycles. The summed E-state index contributed by atoms with van der Waals surface area (Å²) in [4.78, 5) is 1.54. The van der Waals surface area contributed by atoms with Crippen molar-refractivity contribution in [2.75, 3.05) is 13.1 Å². The van der Waals surface area contributed by atoms with Crippen molar-refractivity contribution in [3.8, 4) is 5.75 Å². The predicted molar refractivity (Wildman–Crippen MR) is 68.6 cm³/mol. The quantitative estimate of drug-likeness (QED) is 0.420. The molecule has 1 rings (SSSR count). The van der Waals surface area contributed by atoms with Gasteiger partial charge in [0.05, 0.1) is 24.5 Å². The Morgan fingerprint density at radius 3 is 2.26 bits per heavy atom. The van der Waals surface area contributed by atoms with Crippen LogP contribution in [0.1, 0.15) is 25.0 Å². The predicted octanol–water partition coefficient (Wildman–Crippen LogP) is -0.802. The molecule has 0 aliphatic heterocycles. The monoisotopic (exact) mass is 290 g/mol. The van der Waals surface area contributed by atoms with Gasteiger partial charge in [0.25, 0.3) is 0 Å². The first kappa shape index (κ1) is 18.0. The third-order valence-corrected chi connectivity index (χ3v) is 2.89. The van der Waals surface area contributed by atoms with Crippen LogP contribution < -0.4 is 10.2 Å².